The second kappa shape index (κ2) is 11.0. The standard InChI is InChI=1S/C24H27NO6/c1-4-17-8-10-18(11-9-17)13-16(3)22(27)21-19(26)14-20(31-23(21)28)15(2)7-5-6-12-25-24(29)30/h6,8-15,25-26H,4-5,7H2,1-3H3,(H,29,30)/b12-6+,16-13+. The van der Waals surface area contributed by atoms with Gasteiger partial charge in [-0.25, -0.2) is 9.59 Å². The molecule has 0 aliphatic carbocycles. The summed E-state index contributed by atoms with van der Waals surface area (Å²) in [6.45, 7) is 5.45. The first-order chi connectivity index (χ1) is 14.7. The van der Waals surface area contributed by atoms with Crippen molar-refractivity contribution in [3.8, 4) is 5.75 Å². The minimum absolute atomic E-state index is 0.217. The first kappa shape index (κ1) is 23.7. The van der Waals surface area contributed by atoms with Crippen LogP contribution in [0.25, 0.3) is 6.08 Å². The van der Waals surface area contributed by atoms with Gasteiger partial charge in [0.25, 0.3) is 0 Å². The Kier molecular flexibility index (Phi) is 8.37. The molecule has 0 aliphatic heterocycles. The summed E-state index contributed by atoms with van der Waals surface area (Å²) < 4.78 is 5.30. The van der Waals surface area contributed by atoms with Crippen LogP contribution >= 0.6 is 0 Å². The summed E-state index contributed by atoms with van der Waals surface area (Å²) in [6, 6.07) is 9.02. The molecule has 0 bridgehead atoms. The van der Waals surface area contributed by atoms with Crippen molar-refractivity contribution in [2.75, 3.05) is 0 Å². The fourth-order valence-electron chi connectivity index (χ4n) is 3.02. The smallest absolute Gasteiger partial charge is 0.408 e. The SMILES string of the molecule is CCc1ccc(/C=C(\C)C(=O)c2c(O)cc(C(C)CC/C=C/NC(=O)O)oc2=O)cc1. The molecule has 1 amide bonds. The van der Waals surface area contributed by atoms with Crippen molar-refractivity contribution >= 4 is 18.0 Å². The number of Topliss-reactive ketones (excluding diaryl/α,β-unsaturated/α-hetero) is 1. The molecule has 1 heterocycles. The van der Waals surface area contributed by atoms with E-state index < -0.39 is 23.3 Å². The number of allylic oxidation sites excluding steroid dienone is 2. The molecule has 2 rings (SSSR count). The second-order valence-corrected chi connectivity index (χ2v) is 7.28. The van der Waals surface area contributed by atoms with E-state index in [1.54, 1.807) is 19.1 Å². The maximum atomic E-state index is 12.7. The highest BCUT2D eigenvalue weighted by Gasteiger charge is 2.22. The first-order valence-electron chi connectivity index (χ1n) is 10.1. The molecule has 3 N–H and O–H groups in total. The Bertz CT molecular complexity index is 1050. The van der Waals surface area contributed by atoms with Gasteiger partial charge in [-0.15, -0.1) is 0 Å². The quantitative estimate of drug-likeness (QED) is 0.390. The van der Waals surface area contributed by atoms with E-state index in [1.807, 2.05) is 31.2 Å². The van der Waals surface area contributed by atoms with Crippen LogP contribution in [-0.4, -0.2) is 22.1 Å². The fourth-order valence-corrected chi connectivity index (χ4v) is 3.02. The van der Waals surface area contributed by atoms with Crippen molar-refractivity contribution in [3.63, 3.8) is 0 Å². The molecular weight excluding hydrogens is 398 g/mol. The van der Waals surface area contributed by atoms with E-state index in [4.69, 9.17) is 9.52 Å². The van der Waals surface area contributed by atoms with Gasteiger partial charge in [0.2, 0.25) is 0 Å². The Morgan fingerprint density at radius 3 is 2.48 bits per heavy atom. The predicted octanol–water partition coefficient (Wildman–Crippen LogP) is 4.86. The van der Waals surface area contributed by atoms with Crippen LogP contribution in [-0.2, 0) is 6.42 Å². The lowest BCUT2D eigenvalue weighted by atomic mass is 9.99. The molecule has 2 aromatic rings. The Balaban J connectivity index is 2.15. The average Bonchev–Trinajstić information content (AvgIpc) is 2.72. The first-order valence-corrected chi connectivity index (χ1v) is 10.1. The van der Waals surface area contributed by atoms with Crippen molar-refractivity contribution in [1.29, 1.82) is 0 Å². The van der Waals surface area contributed by atoms with Crippen LogP contribution in [0.1, 0.15) is 66.8 Å². The summed E-state index contributed by atoms with van der Waals surface area (Å²) in [5.74, 6) is -0.964. The van der Waals surface area contributed by atoms with Crippen LogP contribution in [0.4, 0.5) is 4.79 Å². The molecule has 0 spiro atoms. The minimum Gasteiger partial charge on any atom is -0.507 e. The molecule has 0 saturated carbocycles. The van der Waals surface area contributed by atoms with E-state index in [0.717, 1.165) is 12.0 Å². The Labute approximate surface area is 180 Å². The molecule has 7 nitrogen and oxygen atoms in total. The van der Waals surface area contributed by atoms with Crippen molar-refractivity contribution in [1.82, 2.24) is 5.32 Å². The third-order valence-electron chi connectivity index (χ3n) is 4.88. The van der Waals surface area contributed by atoms with Crippen LogP contribution in [0.3, 0.4) is 0 Å². The third-order valence-corrected chi connectivity index (χ3v) is 4.88. The molecular formula is C24H27NO6. The van der Waals surface area contributed by atoms with Crippen molar-refractivity contribution in [2.24, 2.45) is 0 Å². The number of benzene rings is 1. The number of aromatic hydroxyl groups is 1. The van der Waals surface area contributed by atoms with Crippen molar-refractivity contribution in [2.45, 2.75) is 46.0 Å². The maximum absolute atomic E-state index is 12.7. The van der Waals surface area contributed by atoms with Crippen LogP contribution < -0.4 is 10.9 Å². The summed E-state index contributed by atoms with van der Waals surface area (Å²) >= 11 is 0. The van der Waals surface area contributed by atoms with Crippen molar-refractivity contribution in [3.05, 3.63) is 81.1 Å². The number of ketones is 1. The monoisotopic (exact) mass is 425 g/mol. The van der Waals surface area contributed by atoms with Gasteiger partial charge in [0.1, 0.15) is 17.1 Å². The lowest BCUT2D eigenvalue weighted by Crippen LogP contribution is -2.16. The van der Waals surface area contributed by atoms with E-state index in [2.05, 4.69) is 12.2 Å². The second-order valence-electron chi connectivity index (χ2n) is 7.28. The number of nitrogens with one attached hydrogen (secondary N) is 1. The summed E-state index contributed by atoms with van der Waals surface area (Å²) in [6.07, 6.45) is 5.47. The van der Waals surface area contributed by atoms with Crippen LogP contribution in [0.2, 0.25) is 0 Å². The van der Waals surface area contributed by atoms with E-state index in [0.29, 0.717) is 18.4 Å². The van der Waals surface area contributed by atoms with Crippen LogP contribution in [0, 0.1) is 0 Å². The molecule has 1 unspecified atom stereocenters. The van der Waals surface area contributed by atoms with Gasteiger partial charge in [-0.3, -0.25) is 10.1 Å². The highest BCUT2D eigenvalue weighted by molar-refractivity contribution is 6.12. The number of hydrogen-bond acceptors (Lipinski definition) is 5. The van der Waals surface area contributed by atoms with Gasteiger partial charge in [-0.05, 0) is 49.0 Å². The molecule has 164 valence electrons. The fraction of sp³-hybridized carbons (Fsp3) is 0.292. The molecule has 0 aliphatic rings. The number of carbonyl (C=O) groups is 2. The largest absolute Gasteiger partial charge is 0.507 e. The summed E-state index contributed by atoms with van der Waals surface area (Å²) in [7, 11) is 0. The third kappa shape index (κ3) is 6.70. The van der Waals surface area contributed by atoms with Gasteiger partial charge < -0.3 is 14.6 Å². The summed E-state index contributed by atoms with van der Waals surface area (Å²) in [4.78, 5) is 35.6. The summed E-state index contributed by atoms with van der Waals surface area (Å²) in [5, 5.41) is 21.0. The normalized spacial score (nSPS) is 12.7. The van der Waals surface area contributed by atoms with Crippen LogP contribution in [0.15, 0.2) is 57.4 Å². The number of amides is 1. The van der Waals surface area contributed by atoms with Crippen molar-refractivity contribution < 1.29 is 24.2 Å². The zero-order valence-electron chi connectivity index (χ0n) is 17.8. The summed E-state index contributed by atoms with van der Waals surface area (Å²) in [5.41, 5.74) is 1.04. The lowest BCUT2D eigenvalue weighted by Gasteiger charge is -2.11. The maximum Gasteiger partial charge on any atom is 0.408 e. The van der Waals surface area contributed by atoms with Gasteiger partial charge in [0.15, 0.2) is 5.78 Å². The average molecular weight is 425 g/mol. The van der Waals surface area contributed by atoms with Gasteiger partial charge in [-0.1, -0.05) is 44.2 Å². The number of aryl methyl sites for hydroxylation is 1. The van der Waals surface area contributed by atoms with Gasteiger partial charge >= 0.3 is 11.7 Å². The zero-order valence-corrected chi connectivity index (χ0v) is 17.8. The molecule has 0 saturated heterocycles. The molecule has 7 heteroatoms. The molecule has 1 atom stereocenters. The van der Waals surface area contributed by atoms with Crippen LogP contribution in [0.5, 0.6) is 5.75 Å². The lowest BCUT2D eigenvalue weighted by molar-refractivity contribution is 0.102. The highest BCUT2D eigenvalue weighted by Crippen LogP contribution is 2.26. The number of carbonyl (C=O) groups excluding carboxylic acids is 1. The zero-order chi connectivity index (χ0) is 23.0. The molecule has 1 aromatic carbocycles. The minimum atomic E-state index is -1.15. The molecule has 1 aromatic heterocycles. The van der Waals surface area contributed by atoms with E-state index >= 15 is 0 Å². The van der Waals surface area contributed by atoms with E-state index in [9.17, 15) is 19.5 Å². The van der Waals surface area contributed by atoms with E-state index in [1.165, 1.54) is 17.8 Å². The van der Waals surface area contributed by atoms with Gasteiger partial charge in [0.05, 0.1) is 0 Å². The molecule has 31 heavy (non-hydrogen) atoms. The highest BCUT2D eigenvalue weighted by atomic mass is 16.4. The molecule has 0 fully saturated rings. The Morgan fingerprint density at radius 2 is 1.90 bits per heavy atom. The topological polar surface area (TPSA) is 117 Å². The Hall–Kier alpha value is -3.61. The van der Waals surface area contributed by atoms with Gasteiger partial charge in [-0.2, -0.15) is 0 Å². The predicted molar refractivity (Wildman–Crippen MR) is 118 cm³/mol. The molecule has 0 radical (unpaired) electrons. The number of rotatable bonds is 9. The Morgan fingerprint density at radius 1 is 1.23 bits per heavy atom. The number of carboxylic acid groups (broad SMARTS) is 1. The number of hydrogen-bond donors (Lipinski definition) is 3. The van der Waals surface area contributed by atoms with E-state index in [-0.39, 0.29) is 17.2 Å². The van der Waals surface area contributed by atoms with Gasteiger partial charge in [0, 0.05) is 18.2 Å².